The van der Waals surface area contributed by atoms with E-state index in [1.165, 1.54) is 30.4 Å². The monoisotopic (exact) mass is 246 g/mol. The molecule has 2 aliphatic carbocycles. The molecule has 0 aliphatic heterocycles. The van der Waals surface area contributed by atoms with Gasteiger partial charge in [-0.3, -0.25) is 0 Å². The Bertz CT molecular complexity index is 427. The lowest BCUT2D eigenvalue weighted by molar-refractivity contribution is 0.0924. The summed E-state index contributed by atoms with van der Waals surface area (Å²) in [4.78, 5) is 0. The molecule has 3 rings (SSSR count). The van der Waals surface area contributed by atoms with Gasteiger partial charge >= 0.3 is 0 Å². The molecule has 3 atom stereocenters. The van der Waals surface area contributed by atoms with E-state index in [1.54, 1.807) is 7.11 Å². The third-order valence-corrected chi connectivity index (χ3v) is 4.82. The second-order valence-electron chi connectivity index (χ2n) is 5.80. The summed E-state index contributed by atoms with van der Waals surface area (Å²) in [6, 6.07) is 6.45. The summed E-state index contributed by atoms with van der Waals surface area (Å²) < 4.78 is 5.28. The van der Waals surface area contributed by atoms with Crippen LogP contribution in [0.2, 0.25) is 0 Å². The minimum absolute atomic E-state index is 0.0465. The molecular formula is C16H22O2. The van der Waals surface area contributed by atoms with Crippen LogP contribution in [0.15, 0.2) is 18.2 Å². The molecule has 1 saturated carbocycles. The van der Waals surface area contributed by atoms with Gasteiger partial charge < -0.3 is 9.84 Å². The van der Waals surface area contributed by atoms with Crippen LogP contribution in [0, 0.1) is 11.8 Å². The molecule has 0 unspecified atom stereocenters. The zero-order valence-electron chi connectivity index (χ0n) is 11.1. The quantitative estimate of drug-likeness (QED) is 0.869. The number of aryl methyl sites for hydroxylation is 1. The van der Waals surface area contributed by atoms with Gasteiger partial charge in [-0.15, -0.1) is 0 Å². The molecule has 0 radical (unpaired) electrons. The lowest BCUT2D eigenvalue weighted by Crippen LogP contribution is -2.27. The van der Waals surface area contributed by atoms with Crippen molar-refractivity contribution < 1.29 is 9.84 Å². The highest BCUT2D eigenvalue weighted by molar-refractivity contribution is 5.37. The van der Waals surface area contributed by atoms with Gasteiger partial charge in [0.2, 0.25) is 0 Å². The standard InChI is InChI=1S/C16H22O2/c1-18-14-8-7-11-9-13(6-5-12(11)10-14)15-3-2-4-16(15)17/h7-8,10,13,15-17H,2-6,9H2,1H3/t13-,15+,16+/m0/s1. The van der Waals surface area contributed by atoms with Crippen LogP contribution >= 0.6 is 0 Å². The van der Waals surface area contributed by atoms with Crippen LogP contribution in [0.25, 0.3) is 0 Å². The highest BCUT2D eigenvalue weighted by Gasteiger charge is 2.34. The van der Waals surface area contributed by atoms with E-state index in [0.29, 0.717) is 11.8 Å². The van der Waals surface area contributed by atoms with Crippen LogP contribution in [0.3, 0.4) is 0 Å². The van der Waals surface area contributed by atoms with Crippen molar-refractivity contribution in [3.63, 3.8) is 0 Å². The van der Waals surface area contributed by atoms with Gasteiger partial charge in [0.1, 0.15) is 5.75 Å². The maximum absolute atomic E-state index is 10.1. The topological polar surface area (TPSA) is 29.5 Å². The van der Waals surface area contributed by atoms with Gasteiger partial charge in [0, 0.05) is 0 Å². The van der Waals surface area contributed by atoms with Gasteiger partial charge in [0.15, 0.2) is 0 Å². The molecule has 0 amide bonds. The Morgan fingerprint density at radius 1 is 1.17 bits per heavy atom. The molecule has 2 nitrogen and oxygen atoms in total. The van der Waals surface area contributed by atoms with Gasteiger partial charge in [-0.2, -0.15) is 0 Å². The first-order valence-corrected chi connectivity index (χ1v) is 7.12. The summed E-state index contributed by atoms with van der Waals surface area (Å²) in [6.45, 7) is 0. The summed E-state index contributed by atoms with van der Waals surface area (Å²) in [5.74, 6) is 2.19. The summed E-state index contributed by atoms with van der Waals surface area (Å²) in [5, 5.41) is 10.1. The highest BCUT2D eigenvalue weighted by Crippen LogP contribution is 2.39. The average molecular weight is 246 g/mol. The van der Waals surface area contributed by atoms with E-state index in [-0.39, 0.29) is 6.10 Å². The third kappa shape index (κ3) is 2.14. The van der Waals surface area contributed by atoms with Crippen molar-refractivity contribution in [2.45, 2.75) is 44.6 Å². The van der Waals surface area contributed by atoms with E-state index >= 15 is 0 Å². The number of ether oxygens (including phenoxy) is 1. The maximum Gasteiger partial charge on any atom is 0.119 e. The summed E-state index contributed by atoms with van der Waals surface area (Å²) in [6.07, 6.45) is 6.89. The fourth-order valence-corrected chi connectivity index (χ4v) is 3.77. The van der Waals surface area contributed by atoms with Crippen LogP contribution in [0.4, 0.5) is 0 Å². The zero-order chi connectivity index (χ0) is 12.5. The Morgan fingerprint density at radius 3 is 2.78 bits per heavy atom. The SMILES string of the molecule is COc1ccc2c(c1)CC[C@H]([C@H]1CCC[C@H]1O)C2. The van der Waals surface area contributed by atoms with Crippen LogP contribution in [-0.2, 0) is 12.8 Å². The van der Waals surface area contributed by atoms with Crippen LogP contribution in [-0.4, -0.2) is 18.3 Å². The molecule has 98 valence electrons. The van der Waals surface area contributed by atoms with Gasteiger partial charge in [-0.05, 0) is 67.2 Å². The van der Waals surface area contributed by atoms with E-state index in [9.17, 15) is 5.11 Å². The number of methoxy groups -OCH3 is 1. The summed E-state index contributed by atoms with van der Waals surface area (Å²) in [7, 11) is 1.72. The van der Waals surface area contributed by atoms with Crippen LogP contribution in [0.5, 0.6) is 5.75 Å². The number of aliphatic hydroxyl groups excluding tert-OH is 1. The Kier molecular flexibility index (Phi) is 3.29. The molecular weight excluding hydrogens is 224 g/mol. The number of hydrogen-bond donors (Lipinski definition) is 1. The van der Waals surface area contributed by atoms with Crippen molar-refractivity contribution in [3.8, 4) is 5.75 Å². The minimum Gasteiger partial charge on any atom is -0.497 e. The van der Waals surface area contributed by atoms with Crippen molar-refractivity contribution in [2.75, 3.05) is 7.11 Å². The molecule has 2 aliphatic rings. The highest BCUT2D eigenvalue weighted by atomic mass is 16.5. The minimum atomic E-state index is -0.0465. The van der Waals surface area contributed by atoms with Gasteiger partial charge in [0.05, 0.1) is 13.2 Å². The number of fused-ring (bicyclic) bond motifs is 1. The maximum atomic E-state index is 10.1. The molecule has 0 spiro atoms. The van der Waals surface area contributed by atoms with E-state index < -0.39 is 0 Å². The van der Waals surface area contributed by atoms with Crippen molar-refractivity contribution in [1.29, 1.82) is 0 Å². The second-order valence-corrected chi connectivity index (χ2v) is 5.80. The molecule has 0 aromatic heterocycles. The molecule has 18 heavy (non-hydrogen) atoms. The third-order valence-electron chi connectivity index (χ3n) is 4.82. The van der Waals surface area contributed by atoms with E-state index in [4.69, 9.17) is 4.74 Å². The number of benzene rings is 1. The average Bonchev–Trinajstić information content (AvgIpc) is 2.84. The zero-order valence-corrected chi connectivity index (χ0v) is 11.1. The fraction of sp³-hybridized carbons (Fsp3) is 0.625. The number of aliphatic hydroxyl groups is 1. The molecule has 1 fully saturated rings. The summed E-state index contributed by atoms with van der Waals surface area (Å²) >= 11 is 0. The molecule has 1 aromatic rings. The van der Waals surface area contributed by atoms with E-state index in [0.717, 1.165) is 25.0 Å². The van der Waals surface area contributed by atoms with Crippen LogP contribution in [0.1, 0.15) is 36.8 Å². The van der Waals surface area contributed by atoms with E-state index in [1.807, 2.05) is 0 Å². The first-order valence-electron chi connectivity index (χ1n) is 7.12. The molecule has 1 aromatic carbocycles. The Labute approximate surface area is 109 Å². The molecule has 2 heteroatoms. The molecule has 0 bridgehead atoms. The number of hydrogen-bond acceptors (Lipinski definition) is 2. The lowest BCUT2D eigenvalue weighted by atomic mass is 9.75. The van der Waals surface area contributed by atoms with Crippen molar-refractivity contribution in [3.05, 3.63) is 29.3 Å². The summed E-state index contributed by atoms with van der Waals surface area (Å²) in [5.41, 5.74) is 2.91. The molecule has 1 N–H and O–H groups in total. The predicted octanol–water partition coefficient (Wildman–Crippen LogP) is 2.96. The second kappa shape index (κ2) is 4.93. The first kappa shape index (κ1) is 12.0. The number of rotatable bonds is 2. The smallest absolute Gasteiger partial charge is 0.119 e. The van der Waals surface area contributed by atoms with Gasteiger partial charge in [-0.25, -0.2) is 0 Å². The lowest BCUT2D eigenvalue weighted by Gasteiger charge is -2.31. The van der Waals surface area contributed by atoms with Crippen molar-refractivity contribution >= 4 is 0 Å². The van der Waals surface area contributed by atoms with Crippen molar-refractivity contribution in [2.24, 2.45) is 11.8 Å². The first-order chi connectivity index (χ1) is 8.78. The van der Waals surface area contributed by atoms with Gasteiger partial charge in [-0.1, -0.05) is 12.5 Å². The Hall–Kier alpha value is -1.02. The van der Waals surface area contributed by atoms with Gasteiger partial charge in [0.25, 0.3) is 0 Å². The Balaban J connectivity index is 1.77. The largest absolute Gasteiger partial charge is 0.497 e. The van der Waals surface area contributed by atoms with E-state index in [2.05, 4.69) is 18.2 Å². The fourth-order valence-electron chi connectivity index (χ4n) is 3.77. The molecule has 0 saturated heterocycles. The molecule has 0 heterocycles. The Morgan fingerprint density at radius 2 is 2.06 bits per heavy atom. The normalized spacial score (nSPS) is 31.1. The van der Waals surface area contributed by atoms with Crippen LogP contribution < -0.4 is 4.74 Å². The predicted molar refractivity (Wildman–Crippen MR) is 71.9 cm³/mol. The van der Waals surface area contributed by atoms with Crippen molar-refractivity contribution in [1.82, 2.24) is 0 Å².